The van der Waals surface area contributed by atoms with Gasteiger partial charge in [0, 0.05) is 32.2 Å². The number of piperidine rings is 1. The summed E-state index contributed by atoms with van der Waals surface area (Å²) in [6, 6.07) is 6.38. The Bertz CT molecular complexity index is 1010. The van der Waals surface area contributed by atoms with Crippen molar-refractivity contribution in [3.63, 3.8) is 0 Å². The number of aromatic nitrogens is 2. The zero-order valence-electron chi connectivity index (χ0n) is 19.0. The van der Waals surface area contributed by atoms with Gasteiger partial charge in [0.1, 0.15) is 0 Å². The van der Waals surface area contributed by atoms with E-state index in [1.54, 1.807) is 0 Å². The van der Waals surface area contributed by atoms with Crippen molar-refractivity contribution in [1.29, 1.82) is 0 Å². The van der Waals surface area contributed by atoms with Gasteiger partial charge in [-0.3, -0.25) is 9.69 Å². The highest BCUT2D eigenvalue weighted by atomic mass is 16.5. The summed E-state index contributed by atoms with van der Waals surface area (Å²) in [4.78, 5) is 35.8. The molecule has 0 unspecified atom stereocenters. The molecule has 0 spiro atoms. The molecule has 1 aromatic heterocycles. The van der Waals surface area contributed by atoms with Crippen LogP contribution in [0.15, 0.2) is 23.0 Å². The van der Waals surface area contributed by atoms with Crippen LogP contribution in [0.4, 0.5) is 0 Å². The number of hydrogen-bond donors (Lipinski definition) is 3. The van der Waals surface area contributed by atoms with E-state index in [1.807, 2.05) is 18.2 Å². The van der Waals surface area contributed by atoms with Crippen LogP contribution in [-0.4, -0.2) is 77.7 Å². The van der Waals surface area contributed by atoms with Gasteiger partial charge in [0.2, 0.25) is 5.91 Å². The van der Waals surface area contributed by atoms with Gasteiger partial charge in [-0.2, -0.15) is 0 Å². The van der Waals surface area contributed by atoms with E-state index in [4.69, 9.17) is 4.74 Å². The van der Waals surface area contributed by atoms with Crippen molar-refractivity contribution in [1.82, 2.24) is 25.1 Å². The van der Waals surface area contributed by atoms with Crippen LogP contribution in [0.3, 0.4) is 0 Å². The average molecular weight is 442 g/mol. The van der Waals surface area contributed by atoms with Gasteiger partial charge in [-0.05, 0) is 62.4 Å². The Hall–Kier alpha value is -2.16. The molecule has 174 valence electrons. The van der Waals surface area contributed by atoms with Crippen LogP contribution in [0.1, 0.15) is 38.2 Å². The van der Waals surface area contributed by atoms with E-state index in [-0.39, 0.29) is 17.0 Å². The quantitative estimate of drug-likeness (QED) is 0.657. The number of imidazole rings is 1. The molecular weight excluding hydrogens is 406 g/mol. The van der Waals surface area contributed by atoms with Crippen LogP contribution in [0.5, 0.6) is 0 Å². The second kappa shape index (κ2) is 9.00. The third-order valence-corrected chi connectivity index (χ3v) is 8.06. The van der Waals surface area contributed by atoms with E-state index in [0.717, 1.165) is 88.2 Å². The summed E-state index contributed by atoms with van der Waals surface area (Å²) < 4.78 is 5.55. The van der Waals surface area contributed by atoms with Gasteiger partial charge >= 0.3 is 5.69 Å². The number of ether oxygens (including phenoxy) is 1. The van der Waals surface area contributed by atoms with Crippen LogP contribution in [-0.2, 0) is 16.1 Å². The van der Waals surface area contributed by atoms with Gasteiger partial charge < -0.3 is 24.9 Å². The number of nitrogens with zero attached hydrogens (tertiary/aromatic N) is 2. The summed E-state index contributed by atoms with van der Waals surface area (Å²) in [6.07, 6.45) is 4.24. The van der Waals surface area contributed by atoms with Gasteiger partial charge in [0.25, 0.3) is 0 Å². The first kappa shape index (κ1) is 21.7. The number of hydrogen-bond acceptors (Lipinski definition) is 5. The number of likely N-dealkylation sites (tertiary alicyclic amines) is 1. The molecule has 3 aliphatic rings. The normalized spacial score (nSPS) is 29.7. The van der Waals surface area contributed by atoms with Crippen molar-refractivity contribution in [2.45, 2.75) is 45.2 Å². The number of fused-ring (bicyclic) bond motifs is 2. The van der Waals surface area contributed by atoms with Gasteiger partial charge in [-0.15, -0.1) is 0 Å². The molecule has 3 heterocycles. The van der Waals surface area contributed by atoms with Gasteiger partial charge in [-0.25, -0.2) is 4.79 Å². The molecule has 1 amide bonds. The monoisotopic (exact) mass is 441 g/mol. The average Bonchev–Trinajstić information content (AvgIpc) is 3.21. The number of H-pyrrole nitrogens is 2. The number of carbonyl (C=O) groups is 1. The highest BCUT2D eigenvalue weighted by Gasteiger charge is 2.52. The highest BCUT2D eigenvalue weighted by molar-refractivity contribution is 5.84. The fourth-order valence-corrected chi connectivity index (χ4v) is 6.18. The SMILES string of the molecule is CCN1CC[C@@H]2C[C@@H](N3CCOCC3)CC[C@@]2(C(=O)NCc2ccc3[nH]c(=O)[nH]c3c2)C1. The van der Waals surface area contributed by atoms with Crippen molar-refractivity contribution in [2.24, 2.45) is 11.3 Å². The van der Waals surface area contributed by atoms with Crippen LogP contribution in [0, 0.1) is 11.3 Å². The number of morpholine rings is 1. The molecule has 3 N–H and O–H groups in total. The fraction of sp³-hybridized carbons (Fsp3) is 0.667. The van der Waals surface area contributed by atoms with Crippen molar-refractivity contribution in [2.75, 3.05) is 45.9 Å². The number of rotatable bonds is 5. The molecule has 1 saturated carbocycles. The Morgan fingerprint density at radius 2 is 2.00 bits per heavy atom. The Kier molecular flexibility index (Phi) is 6.09. The van der Waals surface area contributed by atoms with E-state index < -0.39 is 0 Å². The second-order valence-corrected chi connectivity index (χ2v) is 9.73. The molecule has 3 fully saturated rings. The first-order valence-corrected chi connectivity index (χ1v) is 12.1. The summed E-state index contributed by atoms with van der Waals surface area (Å²) in [5.74, 6) is 0.624. The largest absolute Gasteiger partial charge is 0.379 e. The molecule has 32 heavy (non-hydrogen) atoms. The minimum absolute atomic E-state index is 0.198. The number of aromatic amines is 2. The molecular formula is C24H35N5O3. The summed E-state index contributed by atoms with van der Waals surface area (Å²) in [5.41, 5.74) is 2.06. The molecule has 1 aromatic carbocycles. The zero-order chi connectivity index (χ0) is 22.1. The van der Waals surface area contributed by atoms with E-state index in [0.29, 0.717) is 18.5 Å². The predicted molar refractivity (Wildman–Crippen MR) is 123 cm³/mol. The van der Waals surface area contributed by atoms with Gasteiger partial charge in [-0.1, -0.05) is 13.0 Å². The standard InChI is InChI=1S/C24H35N5O3/c1-2-28-8-6-18-14-19(29-9-11-32-12-10-29)5-7-24(18,16-28)22(30)25-15-17-3-4-20-21(13-17)27-23(31)26-20/h3-4,13,18-19H,2,5-12,14-16H2,1H3,(H,25,30)(H2,26,27,31)/t18-,19+,24-/m1/s1. The van der Waals surface area contributed by atoms with E-state index in [1.165, 1.54) is 0 Å². The molecule has 1 aliphatic carbocycles. The van der Waals surface area contributed by atoms with E-state index >= 15 is 0 Å². The maximum absolute atomic E-state index is 13.7. The van der Waals surface area contributed by atoms with Crippen LogP contribution >= 0.6 is 0 Å². The third kappa shape index (κ3) is 4.11. The number of nitrogens with one attached hydrogen (secondary N) is 3. The molecule has 5 rings (SSSR count). The maximum atomic E-state index is 13.7. The summed E-state index contributed by atoms with van der Waals surface area (Å²) >= 11 is 0. The van der Waals surface area contributed by atoms with E-state index in [9.17, 15) is 9.59 Å². The second-order valence-electron chi connectivity index (χ2n) is 9.73. The molecule has 2 aliphatic heterocycles. The lowest BCUT2D eigenvalue weighted by Gasteiger charge is -2.53. The molecule has 2 aromatic rings. The third-order valence-electron chi connectivity index (χ3n) is 8.06. The predicted octanol–water partition coefficient (Wildman–Crippen LogP) is 1.69. The lowest BCUT2D eigenvalue weighted by atomic mass is 9.61. The van der Waals surface area contributed by atoms with Crippen molar-refractivity contribution in [3.8, 4) is 0 Å². The van der Waals surface area contributed by atoms with Crippen LogP contribution < -0.4 is 11.0 Å². The first-order valence-electron chi connectivity index (χ1n) is 12.1. The lowest BCUT2D eigenvalue weighted by molar-refractivity contribution is -0.145. The Labute approximate surface area is 188 Å². The van der Waals surface area contributed by atoms with Crippen molar-refractivity contribution < 1.29 is 9.53 Å². The minimum Gasteiger partial charge on any atom is -0.379 e. The summed E-state index contributed by atoms with van der Waals surface area (Å²) in [5, 5.41) is 3.27. The smallest absolute Gasteiger partial charge is 0.323 e. The van der Waals surface area contributed by atoms with Crippen molar-refractivity contribution in [3.05, 3.63) is 34.2 Å². The molecule has 8 heteroatoms. The van der Waals surface area contributed by atoms with Gasteiger partial charge in [0.05, 0.1) is 29.7 Å². The number of amides is 1. The zero-order valence-corrected chi connectivity index (χ0v) is 19.0. The van der Waals surface area contributed by atoms with Gasteiger partial charge in [0.15, 0.2) is 0 Å². The highest BCUT2D eigenvalue weighted by Crippen LogP contribution is 2.47. The molecule has 0 radical (unpaired) electrons. The van der Waals surface area contributed by atoms with Crippen LogP contribution in [0.2, 0.25) is 0 Å². The van der Waals surface area contributed by atoms with Crippen LogP contribution in [0.25, 0.3) is 11.0 Å². The molecule has 3 atom stereocenters. The molecule has 0 bridgehead atoms. The molecule has 2 saturated heterocycles. The maximum Gasteiger partial charge on any atom is 0.323 e. The Morgan fingerprint density at radius 1 is 1.19 bits per heavy atom. The fourth-order valence-electron chi connectivity index (χ4n) is 6.18. The number of carbonyl (C=O) groups excluding carboxylic acids is 1. The van der Waals surface area contributed by atoms with Crippen molar-refractivity contribution >= 4 is 16.9 Å². The molecule has 8 nitrogen and oxygen atoms in total. The first-order chi connectivity index (χ1) is 15.6. The lowest BCUT2D eigenvalue weighted by Crippen LogP contribution is -2.60. The topological polar surface area (TPSA) is 93.5 Å². The summed E-state index contributed by atoms with van der Waals surface area (Å²) in [6.45, 7) is 9.30. The minimum atomic E-state index is -0.302. The van der Waals surface area contributed by atoms with E-state index in [2.05, 4.69) is 32.0 Å². The Morgan fingerprint density at radius 3 is 2.81 bits per heavy atom. The number of benzene rings is 1. The summed E-state index contributed by atoms with van der Waals surface area (Å²) in [7, 11) is 0. The Balaban J connectivity index is 1.30.